The van der Waals surface area contributed by atoms with Crippen LogP contribution in [0.15, 0.2) is 48.6 Å². The SMILES string of the molecule is Clc1cccc([C@@H]2Nc3ccc(I)cc3[C@@H]3C=CC[C@@H]32)c1Cl. The molecule has 0 bridgehead atoms. The molecule has 4 rings (SSSR count). The Labute approximate surface area is 153 Å². The van der Waals surface area contributed by atoms with Crippen LogP contribution in [0.25, 0.3) is 0 Å². The molecule has 0 fully saturated rings. The van der Waals surface area contributed by atoms with Gasteiger partial charge in [-0.2, -0.15) is 0 Å². The van der Waals surface area contributed by atoms with E-state index in [9.17, 15) is 0 Å². The van der Waals surface area contributed by atoms with Crippen LogP contribution in [0.3, 0.4) is 0 Å². The van der Waals surface area contributed by atoms with Crippen molar-refractivity contribution in [2.45, 2.75) is 18.4 Å². The van der Waals surface area contributed by atoms with Gasteiger partial charge in [-0.3, -0.25) is 0 Å². The molecule has 0 radical (unpaired) electrons. The number of hydrogen-bond donors (Lipinski definition) is 1. The number of rotatable bonds is 1. The number of fused-ring (bicyclic) bond motifs is 3. The van der Waals surface area contributed by atoms with Gasteiger partial charge in [0.15, 0.2) is 0 Å². The van der Waals surface area contributed by atoms with Gasteiger partial charge in [0.05, 0.1) is 16.1 Å². The highest BCUT2D eigenvalue weighted by molar-refractivity contribution is 14.1. The molecule has 3 atom stereocenters. The van der Waals surface area contributed by atoms with E-state index in [1.807, 2.05) is 12.1 Å². The van der Waals surface area contributed by atoms with Gasteiger partial charge in [0, 0.05) is 15.2 Å². The summed E-state index contributed by atoms with van der Waals surface area (Å²) in [6.07, 6.45) is 5.69. The van der Waals surface area contributed by atoms with E-state index in [2.05, 4.69) is 64.3 Å². The summed E-state index contributed by atoms with van der Waals surface area (Å²) >= 11 is 15.1. The Bertz CT molecular complexity index is 772. The molecular formula is C18H14Cl2IN. The molecule has 0 saturated carbocycles. The van der Waals surface area contributed by atoms with Crippen LogP contribution >= 0.6 is 45.8 Å². The molecule has 0 saturated heterocycles. The van der Waals surface area contributed by atoms with Crippen molar-refractivity contribution in [3.8, 4) is 0 Å². The van der Waals surface area contributed by atoms with Gasteiger partial charge < -0.3 is 5.32 Å². The van der Waals surface area contributed by atoms with Crippen molar-refractivity contribution in [1.82, 2.24) is 0 Å². The lowest BCUT2D eigenvalue weighted by molar-refractivity contribution is 0.425. The fourth-order valence-electron chi connectivity index (χ4n) is 3.63. The maximum atomic E-state index is 6.48. The molecule has 0 unspecified atom stereocenters. The number of halogens is 3. The van der Waals surface area contributed by atoms with Crippen LogP contribution in [-0.2, 0) is 0 Å². The maximum absolute atomic E-state index is 6.48. The molecule has 0 amide bonds. The van der Waals surface area contributed by atoms with Crippen molar-refractivity contribution in [1.29, 1.82) is 0 Å². The van der Waals surface area contributed by atoms with Crippen molar-refractivity contribution >= 4 is 51.5 Å². The van der Waals surface area contributed by atoms with Crippen molar-refractivity contribution < 1.29 is 0 Å². The first-order valence-corrected chi connectivity index (χ1v) is 9.15. The van der Waals surface area contributed by atoms with Gasteiger partial charge in [0.25, 0.3) is 0 Å². The average Bonchev–Trinajstić information content (AvgIpc) is 2.99. The second kappa shape index (κ2) is 5.73. The van der Waals surface area contributed by atoms with Crippen LogP contribution in [-0.4, -0.2) is 0 Å². The molecule has 1 aliphatic carbocycles. The predicted octanol–water partition coefficient (Wildman–Crippen LogP) is 6.42. The third kappa shape index (κ3) is 2.36. The van der Waals surface area contributed by atoms with E-state index in [-0.39, 0.29) is 6.04 Å². The van der Waals surface area contributed by atoms with Gasteiger partial charge in [-0.25, -0.2) is 0 Å². The second-order valence-corrected chi connectivity index (χ2v) is 7.88. The molecule has 112 valence electrons. The first-order chi connectivity index (χ1) is 10.6. The van der Waals surface area contributed by atoms with Crippen LogP contribution in [0.2, 0.25) is 10.0 Å². The van der Waals surface area contributed by atoms with E-state index >= 15 is 0 Å². The normalized spacial score (nSPS) is 25.5. The second-order valence-electron chi connectivity index (χ2n) is 5.85. The number of hydrogen-bond acceptors (Lipinski definition) is 1. The molecule has 1 nitrogen and oxygen atoms in total. The Morgan fingerprint density at radius 3 is 2.82 bits per heavy atom. The van der Waals surface area contributed by atoms with E-state index < -0.39 is 0 Å². The number of benzene rings is 2. The average molecular weight is 442 g/mol. The van der Waals surface area contributed by atoms with Gasteiger partial charge in [-0.05, 0) is 70.3 Å². The van der Waals surface area contributed by atoms with E-state index in [1.165, 1.54) is 14.8 Å². The lowest BCUT2D eigenvalue weighted by Gasteiger charge is -2.38. The third-order valence-corrected chi connectivity index (χ3v) is 6.15. The van der Waals surface area contributed by atoms with Crippen molar-refractivity contribution in [3.63, 3.8) is 0 Å². The molecule has 22 heavy (non-hydrogen) atoms. The zero-order valence-electron chi connectivity index (χ0n) is 11.7. The summed E-state index contributed by atoms with van der Waals surface area (Å²) in [5, 5.41) is 4.98. The third-order valence-electron chi connectivity index (χ3n) is 4.64. The Morgan fingerprint density at radius 2 is 1.95 bits per heavy atom. The molecule has 1 aliphatic heterocycles. The molecule has 4 heteroatoms. The topological polar surface area (TPSA) is 12.0 Å². The van der Waals surface area contributed by atoms with Crippen molar-refractivity contribution in [3.05, 3.63) is 73.3 Å². The van der Waals surface area contributed by atoms with E-state index in [1.54, 1.807) is 0 Å². The minimum Gasteiger partial charge on any atom is -0.378 e. The minimum atomic E-state index is 0.193. The summed E-state index contributed by atoms with van der Waals surface area (Å²) < 4.78 is 1.27. The Morgan fingerprint density at radius 1 is 1.09 bits per heavy atom. The molecule has 0 aromatic heterocycles. The van der Waals surface area contributed by atoms with Gasteiger partial charge in [-0.15, -0.1) is 0 Å². The molecule has 1 heterocycles. The fraction of sp³-hybridized carbons (Fsp3) is 0.222. The summed E-state index contributed by atoms with van der Waals surface area (Å²) in [5.41, 5.74) is 3.69. The predicted molar refractivity (Wildman–Crippen MR) is 102 cm³/mol. The number of nitrogens with one attached hydrogen (secondary N) is 1. The molecule has 2 aromatic carbocycles. The maximum Gasteiger partial charge on any atom is 0.0645 e. The van der Waals surface area contributed by atoms with E-state index in [0.717, 1.165) is 12.0 Å². The Hall–Kier alpha value is -0.710. The highest BCUT2D eigenvalue weighted by Crippen LogP contribution is 2.51. The van der Waals surface area contributed by atoms with Crippen molar-refractivity contribution in [2.75, 3.05) is 5.32 Å². The van der Waals surface area contributed by atoms with Gasteiger partial charge in [0.2, 0.25) is 0 Å². The van der Waals surface area contributed by atoms with Crippen LogP contribution in [0.1, 0.15) is 29.5 Å². The van der Waals surface area contributed by atoms with Crippen LogP contribution in [0.4, 0.5) is 5.69 Å². The standard InChI is InChI=1S/C18H14Cl2IN/c19-15-6-2-5-13(17(15)20)18-12-4-1-3-11(12)14-9-10(21)7-8-16(14)22-18/h1-3,5-9,11-12,18,22H,4H2/t11-,12+,18-/m1/s1. The molecular weight excluding hydrogens is 428 g/mol. The highest BCUT2D eigenvalue weighted by atomic mass is 127. The van der Waals surface area contributed by atoms with Crippen LogP contribution in [0, 0.1) is 9.49 Å². The molecule has 2 aliphatic rings. The van der Waals surface area contributed by atoms with Gasteiger partial charge in [0.1, 0.15) is 0 Å². The molecule has 1 N–H and O–H groups in total. The molecule has 2 aromatic rings. The smallest absolute Gasteiger partial charge is 0.0645 e. The largest absolute Gasteiger partial charge is 0.378 e. The summed E-state index contributed by atoms with van der Waals surface area (Å²) in [7, 11) is 0. The van der Waals surface area contributed by atoms with E-state index in [0.29, 0.717) is 21.9 Å². The Balaban J connectivity index is 1.83. The summed E-state index contributed by atoms with van der Waals surface area (Å²) in [6, 6.07) is 12.7. The van der Waals surface area contributed by atoms with Gasteiger partial charge >= 0.3 is 0 Å². The Kier molecular flexibility index (Phi) is 3.87. The van der Waals surface area contributed by atoms with Gasteiger partial charge in [-0.1, -0.05) is 47.5 Å². The summed E-state index contributed by atoms with van der Waals surface area (Å²) in [6.45, 7) is 0. The zero-order chi connectivity index (χ0) is 15.3. The number of allylic oxidation sites excluding steroid dienone is 2. The van der Waals surface area contributed by atoms with E-state index in [4.69, 9.17) is 23.2 Å². The first-order valence-electron chi connectivity index (χ1n) is 7.31. The zero-order valence-corrected chi connectivity index (χ0v) is 15.4. The lowest BCUT2D eigenvalue weighted by Crippen LogP contribution is -2.29. The van der Waals surface area contributed by atoms with Crippen LogP contribution in [0.5, 0.6) is 0 Å². The molecule has 0 spiro atoms. The fourth-order valence-corrected chi connectivity index (χ4v) is 4.57. The summed E-state index contributed by atoms with van der Waals surface area (Å²) in [5.74, 6) is 0.938. The van der Waals surface area contributed by atoms with Crippen LogP contribution < -0.4 is 5.32 Å². The highest BCUT2D eigenvalue weighted by Gasteiger charge is 2.38. The minimum absolute atomic E-state index is 0.193. The number of anilines is 1. The van der Waals surface area contributed by atoms with Crippen molar-refractivity contribution in [2.24, 2.45) is 5.92 Å². The lowest BCUT2D eigenvalue weighted by atomic mass is 9.77. The quantitative estimate of drug-likeness (QED) is 0.397. The first kappa shape index (κ1) is 14.9. The monoisotopic (exact) mass is 441 g/mol. The summed E-state index contributed by atoms with van der Waals surface area (Å²) in [4.78, 5) is 0.